The van der Waals surface area contributed by atoms with Crippen LogP contribution in [-0.4, -0.2) is 72.7 Å². The van der Waals surface area contributed by atoms with Crippen molar-refractivity contribution in [1.29, 1.82) is 0 Å². The first-order valence-electron chi connectivity index (χ1n) is 10.5. The molecule has 1 saturated heterocycles. The van der Waals surface area contributed by atoms with Gasteiger partial charge in [-0.3, -0.25) is 4.79 Å². The van der Waals surface area contributed by atoms with Gasteiger partial charge < -0.3 is 30.5 Å². The first kappa shape index (κ1) is 23.1. The molecule has 32 heavy (non-hydrogen) atoms. The van der Waals surface area contributed by atoms with Gasteiger partial charge in [-0.1, -0.05) is 0 Å². The molecule has 0 spiro atoms. The lowest BCUT2D eigenvalue weighted by Crippen LogP contribution is -2.50. The number of aromatic nitrogens is 2. The zero-order valence-corrected chi connectivity index (χ0v) is 19.3. The maximum atomic E-state index is 12.2. The molecule has 0 bridgehead atoms. The molecule has 2 aromatic rings. The third-order valence-corrected chi connectivity index (χ3v) is 4.88. The molecular formula is C22H31N7O3. The average molecular weight is 442 g/mol. The molecule has 0 aliphatic carbocycles. The number of rotatable bonds is 5. The van der Waals surface area contributed by atoms with Crippen molar-refractivity contribution in [2.45, 2.75) is 26.4 Å². The van der Waals surface area contributed by atoms with Gasteiger partial charge in [0.25, 0.3) is 5.91 Å². The number of ether oxygens (including phenoxy) is 1. The summed E-state index contributed by atoms with van der Waals surface area (Å²) in [6.45, 7) is 8.23. The van der Waals surface area contributed by atoms with Crippen molar-refractivity contribution in [1.82, 2.24) is 14.9 Å². The van der Waals surface area contributed by atoms with Crippen LogP contribution in [0, 0.1) is 0 Å². The van der Waals surface area contributed by atoms with Gasteiger partial charge in [-0.2, -0.15) is 0 Å². The predicted octanol–water partition coefficient (Wildman–Crippen LogP) is 2.44. The van der Waals surface area contributed by atoms with Crippen LogP contribution in [0.25, 0.3) is 0 Å². The van der Waals surface area contributed by atoms with Crippen LogP contribution in [0.15, 0.2) is 30.5 Å². The summed E-state index contributed by atoms with van der Waals surface area (Å²) < 4.78 is 5.45. The molecule has 0 saturated carbocycles. The Labute approximate surface area is 188 Å². The number of amides is 2. The number of hydrogen-bond acceptors (Lipinski definition) is 8. The molecule has 10 heteroatoms. The van der Waals surface area contributed by atoms with Gasteiger partial charge in [0.2, 0.25) is 0 Å². The quantitative estimate of drug-likeness (QED) is 0.727. The van der Waals surface area contributed by atoms with E-state index < -0.39 is 11.5 Å². The topological polar surface area (TPSA) is 117 Å². The van der Waals surface area contributed by atoms with E-state index in [1.807, 2.05) is 59.1 Å². The largest absolute Gasteiger partial charge is 0.444 e. The van der Waals surface area contributed by atoms with Gasteiger partial charge in [0.1, 0.15) is 11.4 Å². The van der Waals surface area contributed by atoms with Crippen LogP contribution in [0.4, 0.5) is 27.8 Å². The molecule has 1 aromatic carbocycles. The van der Waals surface area contributed by atoms with Crippen LogP contribution in [0.1, 0.15) is 31.3 Å². The number of nitrogens with zero attached hydrogens (tertiary/aromatic N) is 5. The van der Waals surface area contributed by atoms with Crippen molar-refractivity contribution < 1.29 is 14.3 Å². The standard InChI is InChI=1S/C22H31N7O3/c1-22(2,3)32-21(31)29-12-10-28(11-13-29)16-8-6-15(7-9-16)25-20-18(19(23)30)24-14-17(26-20)27(4)5/h6-9,14H,10-13H2,1-5H3,(H2,23,30)(H,25,26). The minimum atomic E-state index is -0.648. The van der Waals surface area contributed by atoms with Crippen molar-refractivity contribution in [2.75, 3.05) is 55.4 Å². The summed E-state index contributed by atoms with van der Waals surface area (Å²) in [5.74, 6) is 0.268. The maximum absolute atomic E-state index is 12.2. The van der Waals surface area contributed by atoms with E-state index in [-0.39, 0.29) is 11.8 Å². The summed E-state index contributed by atoms with van der Waals surface area (Å²) in [6.07, 6.45) is 1.23. The van der Waals surface area contributed by atoms with Crippen LogP contribution in [0.3, 0.4) is 0 Å². The fourth-order valence-electron chi connectivity index (χ4n) is 3.23. The molecule has 3 N–H and O–H groups in total. The van der Waals surface area contributed by atoms with E-state index in [9.17, 15) is 9.59 Å². The minimum absolute atomic E-state index is 0.0814. The van der Waals surface area contributed by atoms with Gasteiger partial charge in [0, 0.05) is 51.6 Å². The van der Waals surface area contributed by atoms with Crippen molar-refractivity contribution >= 4 is 35.0 Å². The third-order valence-electron chi connectivity index (χ3n) is 4.88. The highest BCUT2D eigenvalue weighted by Crippen LogP contribution is 2.24. The van der Waals surface area contributed by atoms with Gasteiger partial charge in [-0.25, -0.2) is 14.8 Å². The summed E-state index contributed by atoms with van der Waals surface area (Å²) in [5, 5.41) is 3.13. The lowest BCUT2D eigenvalue weighted by molar-refractivity contribution is 0.0240. The number of nitrogens with two attached hydrogens (primary N) is 1. The first-order valence-corrected chi connectivity index (χ1v) is 10.5. The van der Waals surface area contributed by atoms with Gasteiger partial charge in [0.15, 0.2) is 11.5 Å². The average Bonchev–Trinajstić information content (AvgIpc) is 2.73. The molecule has 1 aliphatic rings. The number of carbonyl (C=O) groups excluding carboxylic acids is 2. The molecule has 3 rings (SSSR count). The van der Waals surface area contributed by atoms with Gasteiger partial charge in [-0.15, -0.1) is 0 Å². The van der Waals surface area contributed by atoms with Gasteiger partial charge in [0.05, 0.1) is 6.20 Å². The van der Waals surface area contributed by atoms with Crippen molar-refractivity contribution in [3.63, 3.8) is 0 Å². The van der Waals surface area contributed by atoms with Gasteiger partial charge >= 0.3 is 6.09 Å². The number of benzene rings is 1. The number of anilines is 4. The molecule has 0 unspecified atom stereocenters. The Kier molecular flexibility index (Phi) is 6.71. The Bertz CT molecular complexity index is 962. The lowest BCUT2D eigenvalue weighted by atomic mass is 10.2. The first-order chi connectivity index (χ1) is 15.0. The summed E-state index contributed by atoms with van der Waals surface area (Å²) in [4.78, 5) is 38.3. The van der Waals surface area contributed by atoms with E-state index in [1.165, 1.54) is 6.20 Å². The van der Waals surface area contributed by atoms with E-state index in [4.69, 9.17) is 10.5 Å². The van der Waals surface area contributed by atoms with Crippen LogP contribution in [0.2, 0.25) is 0 Å². The van der Waals surface area contributed by atoms with Crippen molar-refractivity contribution in [3.8, 4) is 0 Å². The van der Waals surface area contributed by atoms with Crippen molar-refractivity contribution in [3.05, 3.63) is 36.2 Å². The fourth-order valence-corrected chi connectivity index (χ4v) is 3.23. The second-order valence-electron chi connectivity index (χ2n) is 8.81. The molecule has 0 radical (unpaired) electrons. The van der Waals surface area contributed by atoms with Crippen LogP contribution >= 0.6 is 0 Å². The molecule has 1 fully saturated rings. The fraction of sp³-hybridized carbons (Fsp3) is 0.455. The highest BCUT2D eigenvalue weighted by Gasteiger charge is 2.26. The highest BCUT2D eigenvalue weighted by atomic mass is 16.6. The Hall–Kier alpha value is -3.56. The monoisotopic (exact) mass is 441 g/mol. The summed E-state index contributed by atoms with van der Waals surface area (Å²) in [7, 11) is 3.68. The lowest BCUT2D eigenvalue weighted by Gasteiger charge is -2.36. The third kappa shape index (κ3) is 5.77. The van der Waals surface area contributed by atoms with Crippen LogP contribution in [0.5, 0.6) is 0 Å². The molecule has 2 amide bonds. The predicted molar refractivity (Wildman–Crippen MR) is 125 cm³/mol. The Morgan fingerprint density at radius 1 is 1.09 bits per heavy atom. The Morgan fingerprint density at radius 2 is 1.72 bits per heavy atom. The molecule has 10 nitrogen and oxygen atoms in total. The highest BCUT2D eigenvalue weighted by molar-refractivity contribution is 5.96. The smallest absolute Gasteiger partial charge is 0.410 e. The van der Waals surface area contributed by atoms with E-state index in [0.29, 0.717) is 37.8 Å². The van der Waals surface area contributed by atoms with E-state index in [2.05, 4.69) is 20.2 Å². The Balaban J connectivity index is 1.65. The number of piperazine rings is 1. The normalized spacial score (nSPS) is 14.2. The number of carbonyl (C=O) groups is 2. The maximum Gasteiger partial charge on any atom is 0.410 e. The number of primary amides is 1. The SMILES string of the molecule is CN(C)c1cnc(C(N)=O)c(Nc2ccc(N3CCN(C(=O)OC(C)(C)C)CC3)cc2)n1. The van der Waals surface area contributed by atoms with E-state index in [0.717, 1.165) is 11.4 Å². The number of nitrogens with one attached hydrogen (secondary N) is 1. The molecule has 0 atom stereocenters. The second kappa shape index (κ2) is 9.29. The summed E-state index contributed by atoms with van der Waals surface area (Å²) >= 11 is 0. The number of hydrogen-bond donors (Lipinski definition) is 2. The van der Waals surface area contributed by atoms with Crippen LogP contribution < -0.4 is 20.9 Å². The van der Waals surface area contributed by atoms with E-state index >= 15 is 0 Å². The minimum Gasteiger partial charge on any atom is -0.444 e. The summed E-state index contributed by atoms with van der Waals surface area (Å²) in [5.41, 5.74) is 6.83. The zero-order valence-electron chi connectivity index (χ0n) is 19.3. The van der Waals surface area contributed by atoms with Crippen LogP contribution in [-0.2, 0) is 4.74 Å². The van der Waals surface area contributed by atoms with Crippen molar-refractivity contribution in [2.24, 2.45) is 5.73 Å². The van der Waals surface area contributed by atoms with E-state index in [1.54, 1.807) is 9.80 Å². The molecule has 2 heterocycles. The Morgan fingerprint density at radius 3 is 2.25 bits per heavy atom. The second-order valence-corrected chi connectivity index (χ2v) is 8.81. The van der Waals surface area contributed by atoms with Gasteiger partial charge in [-0.05, 0) is 45.0 Å². The summed E-state index contributed by atoms with van der Waals surface area (Å²) in [6, 6.07) is 7.78. The molecule has 172 valence electrons. The zero-order chi connectivity index (χ0) is 23.5. The molecular weight excluding hydrogens is 410 g/mol. The molecule has 1 aliphatic heterocycles. The molecule has 1 aromatic heterocycles.